The molecule has 0 aliphatic rings. The summed E-state index contributed by atoms with van der Waals surface area (Å²) in [7, 11) is -2.36. The molecular formula is C15H21BO2SSi. The van der Waals surface area contributed by atoms with E-state index in [0.29, 0.717) is 5.46 Å². The highest BCUT2D eigenvalue weighted by atomic mass is 32.2. The van der Waals surface area contributed by atoms with E-state index in [1.807, 2.05) is 23.9 Å². The Balaban J connectivity index is 2.12. The van der Waals surface area contributed by atoms with E-state index in [9.17, 15) is 10.0 Å². The highest BCUT2D eigenvalue weighted by Gasteiger charge is 2.13. The van der Waals surface area contributed by atoms with Crippen LogP contribution in [-0.2, 0) is 0 Å². The van der Waals surface area contributed by atoms with Crippen molar-refractivity contribution in [2.75, 3.05) is 5.75 Å². The van der Waals surface area contributed by atoms with Gasteiger partial charge in [-0.1, -0.05) is 43.9 Å². The molecule has 0 aliphatic heterocycles. The molecular weight excluding hydrogens is 283 g/mol. The van der Waals surface area contributed by atoms with Crippen LogP contribution in [0.2, 0.25) is 25.7 Å². The van der Waals surface area contributed by atoms with Crippen LogP contribution in [0, 0.1) is 0 Å². The molecule has 0 saturated carbocycles. The van der Waals surface area contributed by atoms with E-state index < -0.39 is 15.2 Å². The molecule has 0 atom stereocenters. The van der Waals surface area contributed by atoms with E-state index in [1.165, 1.54) is 16.7 Å². The summed E-state index contributed by atoms with van der Waals surface area (Å²) >= 11 is 1.91. The first-order chi connectivity index (χ1) is 9.35. The summed E-state index contributed by atoms with van der Waals surface area (Å²) in [5.74, 6) is 1.18. The second kappa shape index (κ2) is 6.35. The standard InChI is InChI=1S/C15H21BO2SSi/c1-20(2,3)9-8-19-15-7-5-12-10-14(16(17)18)6-4-13(12)11-15/h4-7,10-11,17-18H,8-9H2,1-3H3. The van der Waals surface area contributed by atoms with Crippen LogP contribution in [0.25, 0.3) is 10.8 Å². The number of hydrogen-bond donors (Lipinski definition) is 2. The molecule has 0 amide bonds. The van der Waals surface area contributed by atoms with Gasteiger partial charge in [0.2, 0.25) is 0 Å². The second-order valence-corrected chi connectivity index (χ2v) is 13.1. The van der Waals surface area contributed by atoms with Crippen LogP contribution < -0.4 is 5.46 Å². The van der Waals surface area contributed by atoms with Crippen LogP contribution in [0.3, 0.4) is 0 Å². The van der Waals surface area contributed by atoms with Gasteiger partial charge in [0.15, 0.2) is 0 Å². The van der Waals surface area contributed by atoms with E-state index in [4.69, 9.17) is 0 Å². The van der Waals surface area contributed by atoms with E-state index >= 15 is 0 Å². The molecule has 0 aliphatic carbocycles. The molecule has 106 valence electrons. The largest absolute Gasteiger partial charge is 0.488 e. The van der Waals surface area contributed by atoms with Gasteiger partial charge in [0.05, 0.1) is 0 Å². The van der Waals surface area contributed by atoms with Gasteiger partial charge in [-0.25, -0.2) is 0 Å². The summed E-state index contributed by atoms with van der Waals surface area (Å²) < 4.78 is 0. The third-order valence-corrected chi connectivity index (χ3v) is 6.36. The third kappa shape index (κ3) is 4.38. The Morgan fingerprint density at radius 2 is 1.65 bits per heavy atom. The first kappa shape index (κ1) is 15.6. The van der Waals surface area contributed by atoms with Crippen molar-refractivity contribution >= 4 is 43.2 Å². The molecule has 0 aromatic heterocycles. The van der Waals surface area contributed by atoms with Gasteiger partial charge >= 0.3 is 7.12 Å². The molecule has 0 spiro atoms. The van der Waals surface area contributed by atoms with Crippen molar-refractivity contribution in [3.05, 3.63) is 36.4 Å². The van der Waals surface area contributed by atoms with Crippen molar-refractivity contribution in [3.8, 4) is 0 Å². The Morgan fingerprint density at radius 3 is 2.30 bits per heavy atom. The lowest BCUT2D eigenvalue weighted by atomic mass is 9.79. The van der Waals surface area contributed by atoms with Gasteiger partial charge in [-0.05, 0) is 40.2 Å². The maximum atomic E-state index is 9.19. The summed E-state index contributed by atoms with van der Waals surface area (Å²) in [6, 6.07) is 13.2. The fourth-order valence-corrected chi connectivity index (χ4v) is 5.44. The molecule has 2 rings (SSSR count). The highest BCUT2D eigenvalue weighted by Crippen LogP contribution is 2.25. The van der Waals surface area contributed by atoms with E-state index in [2.05, 4.69) is 37.8 Å². The normalized spacial score (nSPS) is 11.8. The number of thioether (sulfide) groups is 1. The average Bonchev–Trinajstić information content (AvgIpc) is 2.36. The fraction of sp³-hybridized carbons (Fsp3) is 0.333. The summed E-state index contributed by atoms with van der Waals surface area (Å²) in [6.45, 7) is 7.20. The molecule has 0 fully saturated rings. The summed E-state index contributed by atoms with van der Waals surface area (Å²) in [5.41, 5.74) is 0.539. The quantitative estimate of drug-likeness (QED) is 0.659. The maximum absolute atomic E-state index is 9.19. The van der Waals surface area contributed by atoms with Crippen LogP contribution in [0.1, 0.15) is 0 Å². The van der Waals surface area contributed by atoms with Gasteiger partial charge in [-0.3, -0.25) is 0 Å². The van der Waals surface area contributed by atoms with Gasteiger partial charge < -0.3 is 10.0 Å². The van der Waals surface area contributed by atoms with Gasteiger partial charge in [-0.2, -0.15) is 0 Å². The first-order valence-electron chi connectivity index (χ1n) is 6.88. The molecule has 2 N–H and O–H groups in total. The molecule has 0 radical (unpaired) electrons. The zero-order valence-corrected chi connectivity index (χ0v) is 14.1. The van der Waals surface area contributed by atoms with Crippen molar-refractivity contribution in [2.24, 2.45) is 0 Å². The summed E-state index contributed by atoms with van der Waals surface area (Å²) in [5, 5.41) is 20.6. The van der Waals surface area contributed by atoms with Crippen LogP contribution in [0.15, 0.2) is 41.3 Å². The van der Waals surface area contributed by atoms with Crippen LogP contribution in [0.4, 0.5) is 0 Å². The molecule has 2 nitrogen and oxygen atoms in total. The zero-order chi connectivity index (χ0) is 14.8. The Morgan fingerprint density at radius 1 is 1.00 bits per heavy atom. The van der Waals surface area contributed by atoms with E-state index in [-0.39, 0.29) is 0 Å². The predicted molar refractivity (Wildman–Crippen MR) is 92.7 cm³/mol. The Hall–Kier alpha value is -0.748. The van der Waals surface area contributed by atoms with Crippen LogP contribution >= 0.6 is 11.8 Å². The summed E-state index contributed by atoms with van der Waals surface area (Å²) in [6.07, 6.45) is 0. The number of hydrogen-bond acceptors (Lipinski definition) is 3. The van der Waals surface area contributed by atoms with Crippen molar-refractivity contribution < 1.29 is 10.0 Å². The molecule has 0 heterocycles. The molecule has 2 aromatic carbocycles. The van der Waals surface area contributed by atoms with Crippen molar-refractivity contribution in [1.82, 2.24) is 0 Å². The smallest absolute Gasteiger partial charge is 0.423 e. The fourth-order valence-electron chi connectivity index (χ4n) is 1.97. The molecule has 5 heteroatoms. The zero-order valence-electron chi connectivity index (χ0n) is 12.3. The second-order valence-electron chi connectivity index (χ2n) is 6.30. The SMILES string of the molecule is C[Si](C)(C)CCSc1ccc2cc(B(O)O)ccc2c1. The van der Waals surface area contributed by atoms with Gasteiger partial charge in [0.25, 0.3) is 0 Å². The molecule has 0 unspecified atom stereocenters. The lowest BCUT2D eigenvalue weighted by molar-refractivity contribution is 0.426. The van der Waals surface area contributed by atoms with Gasteiger partial charge in [0, 0.05) is 13.0 Å². The predicted octanol–water partition coefficient (Wildman–Crippen LogP) is 2.95. The van der Waals surface area contributed by atoms with Crippen molar-refractivity contribution in [1.29, 1.82) is 0 Å². The first-order valence-corrected chi connectivity index (χ1v) is 11.6. The van der Waals surface area contributed by atoms with Crippen LogP contribution in [-0.4, -0.2) is 31.0 Å². The third-order valence-electron chi connectivity index (χ3n) is 3.25. The maximum Gasteiger partial charge on any atom is 0.488 e. The molecule has 20 heavy (non-hydrogen) atoms. The van der Waals surface area contributed by atoms with Crippen molar-refractivity contribution in [2.45, 2.75) is 30.6 Å². The monoisotopic (exact) mass is 304 g/mol. The lowest BCUT2D eigenvalue weighted by Gasteiger charge is -2.15. The van der Waals surface area contributed by atoms with Gasteiger partial charge in [0.1, 0.15) is 0 Å². The molecule has 0 bridgehead atoms. The number of rotatable bonds is 5. The van der Waals surface area contributed by atoms with Crippen LogP contribution in [0.5, 0.6) is 0 Å². The lowest BCUT2D eigenvalue weighted by Crippen LogP contribution is -2.29. The Bertz CT molecular complexity index is 596. The summed E-state index contributed by atoms with van der Waals surface area (Å²) in [4.78, 5) is 1.29. The van der Waals surface area contributed by atoms with E-state index in [1.54, 1.807) is 6.07 Å². The molecule has 0 saturated heterocycles. The topological polar surface area (TPSA) is 40.5 Å². The highest BCUT2D eigenvalue weighted by molar-refractivity contribution is 7.99. The number of fused-ring (bicyclic) bond motifs is 1. The average molecular weight is 304 g/mol. The minimum absolute atomic E-state index is 0.539. The van der Waals surface area contributed by atoms with E-state index in [0.717, 1.165) is 10.8 Å². The minimum Gasteiger partial charge on any atom is -0.423 e. The number of benzene rings is 2. The Kier molecular flexibility index (Phi) is 4.96. The van der Waals surface area contributed by atoms with Crippen molar-refractivity contribution in [3.63, 3.8) is 0 Å². The molecule has 2 aromatic rings. The Labute approximate surface area is 126 Å². The van der Waals surface area contributed by atoms with Gasteiger partial charge in [-0.15, -0.1) is 11.8 Å². The minimum atomic E-state index is -1.40.